The van der Waals surface area contributed by atoms with Crippen molar-refractivity contribution in [3.8, 4) is 5.75 Å². The fourth-order valence-corrected chi connectivity index (χ4v) is 4.29. The summed E-state index contributed by atoms with van der Waals surface area (Å²) in [5, 5.41) is 3.67. The van der Waals surface area contributed by atoms with Crippen LogP contribution < -0.4 is 10.1 Å². The number of hydrogen-bond donors (Lipinski definition) is 1. The smallest absolute Gasteiger partial charge is 0.202 e. The van der Waals surface area contributed by atoms with Crippen molar-refractivity contribution >= 4 is 0 Å². The molecule has 2 saturated heterocycles. The van der Waals surface area contributed by atoms with Gasteiger partial charge in [0.2, 0.25) is 5.85 Å². The van der Waals surface area contributed by atoms with Crippen LogP contribution >= 0.6 is 0 Å². The molecule has 0 aromatic heterocycles. The number of nitrogens with one attached hydrogen (secondary N) is 1. The average molecular weight is 444 g/mol. The Morgan fingerprint density at radius 2 is 1.75 bits per heavy atom. The molecule has 2 heterocycles. The Hall–Kier alpha value is -1.99. The molecule has 0 saturated carbocycles. The van der Waals surface area contributed by atoms with Crippen molar-refractivity contribution in [1.29, 1.82) is 0 Å². The van der Waals surface area contributed by atoms with Gasteiger partial charge in [0.15, 0.2) is 0 Å². The van der Waals surface area contributed by atoms with E-state index in [1.807, 2.05) is 24.3 Å². The molecule has 2 aromatic rings. The van der Waals surface area contributed by atoms with E-state index < -0.39 is 5.85 Å². The molecule has 0 spiro atoms. The van der Waals surface area contributed by atoms with Gasteiger partial charge in [0.05, 0.1) is 6.61 Å². The van der Waals surface area contributed by atoms with Gasteiger partial charge in [0.1, 0.15) is 18.2 Å². The molecule has 4 rings (SSSR count). The summed E-state index contributed by atoms with van der Waals surface area (Å²) in [4.78, 5) is 4.83. The zero-order valence-corrected chi connectivity index (χ0v) is 19.5. The summed E-state index contributed by atoms with van der Waals surface area (Å²) in [6, 6.07) is 15.6. The third kappa shape index (κ3) is 6.07. The van der Waals surface area contributed by atoms with E-state index in [-0.39, 0.29) is 7.24 Å². The number of benzene rings is 2. The highest BCUT2D eigenvalue weighted by Crippen LogP contribution is 2.35. The van der Waals surface area contributed by atoms with Crippen LogP contribution in [0.15, 0.2) is 48.5 Å². The van der Waals surface area contributed by atoms with Crippen molar-refractivity contribution in [2.45, 2.75) is 51.7 Å². The van der Waals surface area contributed by atoms with E-state index in [1.165, 1.54) is 5.56 Å². The SMILES string of the molecule is CC(C)COc1ccc(CNC2(N(Cc3ccc(F)cc3)C3CCN(C)CC3)CO2)cc1.[HH]. The van der Waals surface area contributed by atoms with Crippen LogP contribution in [0.1, 0.15) is 39.2 Å². The number of epoxide rings is 1. The molecule has 0 radical (unpaired) electrons. The van der Waals surface area contributed by atoms with Crippen LogP contribution in [0.2, 0.25) is 0 Å². The van der Waals surface area contributed by atoms with Crippen LogP contribution in [-0.4, -0.2) is 55.0 Å². The minimum Gasteiger partial charge on any atom is -0.493 e. The van der Waals surface area contributed by atoms with Crippen molar-refractivity contribution < 1.29 is 15.3 Å². The molecule has 0 aliphatic carbocycles. The fourth-order valence-electron chi connectivity index (χ4n) is 4.29. The summed E-state index contributed by atoms with van der Waals surface area (Å²) < 4.78 is 25.3. The maximum atomic E-state index is 13.4. The quantitative estimate of drug-likeness (QED) is 0.433. The molecule has 0 bridgehead atoms. The highest BCUT2D eigenvalue weighted by Gasteiger charge is 2.52. The normalized spacial score (nSPS) is 21.9. The number of likely N-dealkylation sites (tertiary alicyclic amines) is 1. The van der Waals surface area contributed by atoms with Crippen molar-refractivity contribution in [2.24, 2.45) is 5.92 Å². The monoisotopic (exact) mass is 443 g/mol. The Labute approximate surface area is 193 Å². The van der Waals surface area contributed by atoms with Crippen LogP contribution in [-0.2, 0) is 17.8 Å². The summed E-state index contributed by atoms with van der Waals surface area (Å²) in [6.07, 6.45) is 2.21. The van der Waals surface area contributed by atoms with Gasteiger partial charge in [0, 0.05) is 20.6 Å². The second kappa shape index (κ2) is 10.3. The van der Waals surface area contributed by atoms with Crippen LogP contribution in [0.5, 0.6) is 5.75 Å². The topological polar surface area (TPSA) is 40.3 Å². The molecule has 2 aliphatic heterocycles. The number of ether oxygens (including phenoxy) is 2. The lowest BCUT2D eigenvalue weighted by atomic mass is 10.0. The van der Waals surface area contributed by atoms with Gasteiger partial charge in [-0.15, -0.1) is 0 Å². The predicted octanol–water partition coefficient (Wildman–Crippen LogP) is 4.48. The zero-order valence-electron chi connectivity index (χ0n) is 19.5. The fraction of sp³-hybridized carbons (Fsp3) is 0.538. The molecule has 176 valence electrons. The molecular weight excluding hydrogens is 405 g/mol. The molecule has 1 unspecified atom stereocenters. The summed E-state index contributed by atoms with van der Waals surface area (Å²) in [5.41, 5.74) is 2.30. The molecule has 5 nitrogen and oxygen atoms in total. The third-order valence-electron chi connectivity index (χ3n) is 6.35. The Morgan fingerprint density at radius 3 is 2.34 bits per heavy atom. The highest BCUT2D eigenvalue weighted by molar-refractivity contribution is 5.27. The van der Waals surface area contributed by atoms with Gasteiger partial charge < -0.3 is 14.4 Å². The lowest BCUT2D eigenvalue weighted by molar-refractivity contribution is -0.0165. The first-order valence-corrected chi connectivity index (χ1v) is 11.7. The van der Waals surface area contributed by atoms with Crippen LogP contribution in [0.25, 0.3) is 0 Å². The number of nitrogens with zero attached hydrogens (tertiary/aromatic N) is 2. The molecule has 2 aromatic carbocycles. The summed E-state index contributed by atoms with van der Waals surface area (Å²) >= 11 is 0. The minimum atomic E-state index is -0.457. The van der Waals surface area contributed by atoms with E-state index in [4.69, 9.17) is 9.47 Å². The molecule has 0 amide bonds. The standard InChI is InChI=1S/C26H36FN3O2.H2/c1-20(2)18-31-25-10-6-21(7-11-25)16-28-26(19-32-26)30(24-12-14-29(3)15-13-24)17-22-4-8-23(27)9-5-22;/h4-11,20,24,28H,12-19H2,1-3H3;1H. The summed E-state index contributed by atoms with van der Waals surface area (Å²) in [5.74, 6) is 0.761. The average Bonchev–Trinajstić information content (AvgIpc) is 3.58. The Kier molecular flexibility index (Phi) is 7.46. The molecule has 32 heavy (non-hydrogen) atoms. The maximum absolute atomic E-state index is 13.4. The van der Waals surface area contributed by atoms with Crippen molar-refractivity contribution in [2.75, 3.05) is 33.4 Å². The van der Waals surface area contributed by atoms with Gasteiger partial charge in [-0.3, -0.25) is 10.2 Å². The van der Waals surface area contributed by atoms with Crippen molar-refractivity contribution in [3.05, 3.63) is 65.5 Å². The van der Waals surface area contributed by atoms with Crippen LogP contribution in [0.4, 0.5) is 4.39 Å². The molecule has 1 atom stereocenters. The molecule has 1 N–H and O–H groups in total. The maximum Gasteiger partial charge on any atom is 0.202 e. The third-order valence-corrected chi connectivity index (χ3v) is 6.35. The highest BCUT2D eigenvalue weighted by atomic mass is 19.1. The lowest BCUT2D eigenvalue weighted by Crippen LogP contribution is -2.55. The van der Waals surface area contributed by atoms with E-state index in [0.29, 0.717) is 18.6 Å². The molecule has 2 aliphatic rings. The Morgan fingerprint density at radius 1 is 1.12 bits per heavy atom. The second-order valence-electron chi connectivity index (χ2n) is 9.56. The van der Waals surface area contributed by atoms with Gasteiger partial charge in [-0.2, -0.15) is 0 Å². The lowest BCUT2D eigenvalue weighted by Gasteiger charge is -2.40. The number of halogens is 1. The Balaban J connectivity index is 0.00000306. The van der Waals surface area contributed by atoms with Gasteiger partial charge >= 0.3 is 0 Å². The van der Waals surface area contributed by atoms with Crippen molar-refractivity contribution in [3.63, 3.8) is 0 Å². The first-order chi connectivity index (χ1) is 15.4. The number of piperidine rings is 1. The largest absolute Gasteiger partial charge is 0.493 e. The van der Waals surface area contributed by atoms with Gasteiger partial charge in [0.25, 0.3) is 0 Å². The van der Waals surface area contributed by atoms with Crippen LogP contribution in [0.3, 0.4) is 0 Å². The molecular formula is C26H38FN3O2. The van der Waals surface area contributed by atoms with E-state index >= 15 is 0 Å². The number of rotatable bonds is 10. The Bertz CT molecular complexity index is 851. The van der Waals surface area contributed by atoms with Gasteiger partial charge in [-0.25, -0.2) is 4.39 Å². The minimum absolute atomic E-state index is 0. The van der Waals surface area contributed by atoms with Crippen LogP contribution in [0, 0.1) is 11.7 Å². The second-order valence-corrected chi connectivity index (χ2v) is 9.56. The van der Waals surface area contributed by atoms with E-state index in [2.05, 4.69) is 48.1 Å². The zero-order chi connectivity index (χ0) is 22.6. The van der Waals surface area contributed by atoms with E-state index in [0.717, 1.165) is 56.9 Å². The summed E-state index contributed by atoms with van der Waals surface area (Å²) in [7, 11) is 2.18. The van der Waals surface area contributed by atoms with E-state index in [1.54, 1.807) is 12.1 Å². The van der Waals surface area contributed by atoms with Gasteiger partial charge in [-0.05, 0) is 74.3 Å². The van der Waals surface area contributed by atoms with Gasteiger partial charge in [-0.1, -0.05) is 38.1 Å². The number of hydrogen-bond acceptors (Lipinski definition) is 5. The summed E-state index contributed by atoms with van der Waals surface area (Å²) in [6.45, 7) is 9.31. The van der Waals surface area contributed by atoms with E-state index in [9.17, 15) is 4.39 Å². The molecule has 2 fully saturated rings. The first-order valence-electron chi connectivity index (χ1n) is 11.7. The van der Waals surface area contributed by atoms with Crippen molar-refractivity contribution in [1.82, 2.24) is 15.1 Å². The first kappa shape index (κ1) is 23.2. The molecule has 6 heteroatoms. The predicted molar refractivity (Wildman–Crippen MR) is 127 cm³/mol.